The van der Waals surface area contributed by atoms with E-state index in [1.165, 1.54) is 0 Å². The quantitative estimate of drug-likeness (QED) is 0.388. The zero-order valence-electron chi connectivity index (χ0n) is 15.1. The number of hydrazone groups is 1. The molecular formula is C23H19N3O2. The van der Waals surface area contributed by atoms with Gasteiger partial charge in [0.05, 0.1) is 6.21 Å². The Labute approximate surface area is 162 Å². The van der Waals surface area contributed by atoms with Gasteiger partial charge < -0.3 is 9.72 Å². The summed E-state index contributed by atoms with van der Waals surface area (Å²) in [5.74, 6) is 0.418. The van der Waals surface area contributed by atoms with E-state index in [1.807, 2.05) is 78.9 Å². The molecule has 0 aliphatic carbocycles. The number of nitrogens with zero attached hydrogens (tertiary/aromatic N) is 1. The number of carbonyl (C=O) groups is 1. The molecule has 0 unspecified atom stereocenters. The van der Waals surface area contributed by atoms with E-state index in [0.29, 0.717) is 12.3 Å². The van der Waals surface area contributed by atoms with Crippen LogP contribution in [0.15, 0.2) is 90.0 Å². The van der Waals surface area contributed by atoms with Crippen LogP contribution in [0.2, 0.25) is 0 Å². The van der Waals surface area contributed by atoms with Crippen LogP contribution in [0.25, 0.3) is 10.9 Å². The number of carbonyl (C=O) groups excluding carboxylic acids is 1. The molecule has 3 aromatic carbocycles. The number of benzene rings is 3. The van der Waals surface area contributed by atoms with Crippen LogP contribution >= 0.6 is 0 Å². The van der Waals surface area contributed by atoms with E-state index < -0.39 is 0 Å². The molecule has 0 bridgehead atoms. The topological polar surface area (TPSA) is 66.5 Å². The molecule has 4 aromatic rings. The number of ether oxygens (including phenoxy) is 1. The molecule has 0 aliphatic heterocycles. The molecule has 0 saturated heterocycles. The van der Waals surface area contributed by atoms with E-state index in [-0.39, 0.29) is 5.91 Å². The number of hydrogen-bond acceptors (Lipinski definition) is 3. The van der Waals surface area contributed by atoms with Crippen molar-refractivity contribution in [2.75, 3.05) is 0 Å². The van der Waals surface area contributed by atoms with Crippen LogP contribution in [-0.2, 0) is 6.61 Å². The number of aromatic amines is 1. The average Bonchev–Trinajstić information content (AvgIpc) is 3.19. The monoisotopic (exact) mass is 369 g/mol. The van der Waals surface area contributed by atoms with E-state index in [2.05, 4.69) is 15.5 Å². The summed E-state index contributed by atoms with van der Waals surface area (Å²) in [5, 5.41) is 4.87. The minimum Gasteiger partial charge on any atom is -0.488 e. The predicted molar refractivity (Wildman–Crippen MR) is 111 cm³/mol. The van der Waals surface area contributed by atoms with Crippen molar-refractivity contribution in [1.82, 2.24) is 10.4 Å². The van der Waals surface area contributed by atoms with Crippen LogP contribution in [-0.4, -0.2) is 17.1 Å². The number of fused-ring (bicyclic) bond motifs is 1. The van der Waals surface area contributed by atoms with Crippen LogP contribution in [0.3, 0.4) is 0 Å². The van der Waals surface area contributed by atoms with Gasteiger partial charge in [0.15, 0.2) is 0 Å². The first-order chi connectivity index (χ1) is 13.8. The Morgan fingerprint density at radius 1 is 0.964 bits per heavy atom. The van der Waals surface area contributed by atoms with Gasteiger partial charge in [-0.3, -0.25) is 4.79 Å². The summed E-state index contributed by atoms with van der Waals surface area (Å²) < 4.78 is 5.96. The number of H-pyrrole nitrogens is 1. The number of amides is 1. The van der Waals surface area contributed by atoms with E-state index in [1.54, 1.807) is 12.3 Å². The first kappa shape index (κ1) is 17.5. The maximum Gasteiger partial charge on any atom is 0.287 e. The molecule has 4 rings (SSSR count). The minimum atomic E-state index is -0.308. The van der Waals surface area contributed by atoms with Gasteiger partial charge in [0, 0.05) is 10.9 Å². The lowest BCUT2D eigenvalue weighted by molar-refractivity contribution is 0.0951. The minimum absolute atomic E-state index is 0.308. The zero-order valence-corrected chi connectivity index (χ0v) is 15.1. The molecule has 0 fully saturated rings. The number of aromatic nitrogens is 1. The SMILES string of the molecule is O=C(N/N=C/c1ccccc1)c1cc2c(OCc3ccccc3)cccc2[nH]1. The Hall–Kier alpha value is -3.86. The van der Waals surface area contributed by atoms with Crippen LogP contribution < -0.4 is 10.2 Å². The Bertz CT molecular complexity index is 1100. The van der Waals surface area contributed by atoms with E-state index in [4.69, 9.17) is 4.74 Å². The molecule has 1 amide bonds. The lowest BCUT2D eigenvalue weighted by Crippen LogP contribution is -2.17. The van der Waals surface area contributed by atoms with Gasteiger partial charge in [0.1, 0.15) is 18.1 Å². The second-order valence-electron chi connectivity index (χ2n) is 6.28. The Morgan fingerprint density at radius 3 is 2.50 bits per heavy atom. The molecule has 5 heteroatoms. The van der Waals surface area contributed by atoms with Gasteiger partial charge in [-0.05, 0) is 29.3 Å². The summed E-state index contributed by atoms with van der Waals surface area (Å²) in [5.41, 5.74) is 5.81. The first-order valence-corrected chi connectivity index (χ1v) is 8.96. The highest BCUT2D eigenvalue weighted by Gasteiger charge is 2.12. The van der Waals surface area contributed by atoms with Crippen molar-refractivity contribution < 1.29 is 9.53 Å². The molecule has 1 aromatic heterocycles. The number of nitrogens with one attached hydrogen (secondary N) is 2. The van der Waals surface area contributed by atoms with Gasteiger partial charge in [-0.1, -0.05) is 66.7 Å². The smallest absolute Gasteiger partial charge is 0.287 e. The normalized spacial score (nSPS) is 11.0. The number of hydrogen-bond donors (Lipinski definition) is 2. The fourth-order valence-corrected chi connectivity index (χ4v) is 2.88. The maximum absolute atomic E-state index is 12.4. The van der Waals surface area contributed by atoms with Crippen molar-refractivity contribution in [3.63, 3.8) is 0 Å². The third-order valence-electron chi connectivity index (χ3n) is 4.29. The van der Waals surface area contributed by atoms with Gasteiger partial charge in [-0.2, -0.15) is 5.10 Å². The van der Waals surface area contributed by atoms with Gasteiger partial charge in [-0.15, -0.1) is 0 Å². The molecule has 0 aliphatic rings. The van der Waals surface area contributed by atoms with E-state index >= 15 is 0 Å². The predicted octanol–water partition coefficient (Wildman–Crippen LogP) is 4.51. The molecule has 2 N–H and O–H groups in total. The van der Waals surface area contributed by atoms with Crippen LogP contribution in [0.5, 0.6) is 5.75 Å². The fourth-order valence-electron chi connectivity index (χ4n) is 2.88. The summed E-state index contributed by atoms with van der Waals surface area (Å²) >= 11 is 0. The van der Waals surface area contributed by atoms with Crippen LogP contribution in [0, 0.1) is 0 Å². The fraction of sp³-hybridized carbons (Fsp3) is 0.0435. The summed E-state index contributed by atoms with van der Waals surface area (Å²) in [4.78, 5) is 15.5. The summed E-state index contributed by atoms with van der Waals surface area (Å²) in [6.45, 7) is 0.466. The van der Waals surface area contributed by atoms with E-state index in [9.17, 15) is 4.79 Å². The highest BCUT2D eigenvalue weighted by molar-refractivity contribution is 6.00. The second-order valence-corrected chi connectivity index (χ2v) is 6.28. The third kappa shape index (κ3) is 4.10. The standard InChI is InChI=1S/C23H19N3O2/c27-23(26-24-15-17-8-3-1-4-9-17)21-14-19-20(25-21)12-7-13-22(19)28-16-18-10-5-2-6-11-18/h1-15,25H,16H2,(H,26,27)/b24-15+. The maximum atomic E-state index is 12.4. The van der Waals surface area contributed by atoms with Gasteiger partial charge in [0.25, 0.3) is 5.91 Å². The van der Waals surface area contributed by atoms with Crippen molar-refractivity contribution in [3.05, 3.63) is 102 Å². The highest BCUT2D eigenvalue weighted by atomic mass is 16.5. The first-order valence-electron chi connectivity index (χ1n) is 8.96. The van der Waals surface area contributed by atoms with Crippen molar-refractivity contribution in [2.24, 2.45) is 5.10 Å². The third-order valence-corrected chi connectivity index (χ3v) is 4.29. The molecule has 1 heterocycles. The molecule has 28 heavy (non-hydrogen) atoms. The molecular weight excluding hydrogens is 350 g/mol. The van der Waals surface area contributed by atoms with Crippen molar-refractivity contribution in [2.45, 2.75) is 6.61 Å². The van der Waals surface area contributed by atoms with E-state index in [0.717, 1.165) is 27.8 Å². The largest absolute Gasteiger partial charge is 0.488 e. The Kier molecular flexibility index (Phi) is 5.15. The molecule has 0 spiro atoms. The van der Waals surface area contributed by atoms with Gasteiger partial charge >= 0.3 is 0 Å². The zero-order chi connectivity index (χ0) is 19.2. The highest BCUT2D eigenvalue weighted by Crippen LogP contribution is 2.27. The van der Waals surface area contributed by atoms with Crippen molar-refractivity contribution in [3.8, 4) is 5.75 Å². The summed E-state index contributed by atoms with van der Waals surface area (Å²) in [6, 6.07) is 27.0. The van der Waals surface area contributed by atoms with Gasteiger partial charge in [0.2, 0.25) is 0 Å². The van der Waals surface area contributed by atoms with Crippen molar-refractivity contribution in [1.29, 1.82) is 0 Å². The summed E-state index contributed by atoms with van der Waals surface area (Å²) in [6.07, 6.45) is 1.61. The average molecular weight is 369 g/mol. The summed E-state index contributed by atoms with van der Waals surface area (Å²) in [7, 11) is 0. The van der Waals surface area contributed by atoms with Crippen molar-refractivity contribution >= 4 is 23.0 Å². The van der Waals surface area contributed by atoms with Crippen LogP contribution in [0.4, 0.5) is 0 Å². The Morgan fingerprint density at radius 2 is 1.71 bits per heavy atom. The Balaban J connectivity index is 1.48. The molecule has 0 saturated carbocycles. The lowest BCUT2D eigenvalue weighted by Gasteiger charge is -2.07. The number of rotatable bonds is 6. The lowest BCUT2D eigenvalue weighted by atomic mass is 10.2. The second kappa shape index (κ2) is 8.22. The molecule has 0 radical (unpaired) electrons. The molecule has 0 atom stereocenters. The molecule has 5 nitrogen and oxygen atoms in total. The van der Waals surface area contributed by atoms with Crippen LogP contribution in [0.1, 0.15) is 21.6 Å². The van der Waals surface area contributed by atoms with Gasteiger partial charge in [-0.25, -0.2) is 5.43 Å². The molecule has 138 valence electrons.